The normalized spacial score (nSPS) is 13.5. The van der Waals surface area contributed by atoms with Crippen molar-refractivity contribution < 1.29 is 4.74 Å². The van der Waals surface area contributed by atoms with Crippen LogP contribution in [0.5, 0.6) is 5.75 Å². The quantitative estimate of drug-likeness (QED) is 0.877. The van der Waals surface area contributed by atoms with Gasteiger partial charge in [0, 0.05) is 10.9 Å². The molecule has 2 unspecified atom stereocenters. The number of thiophene rings is 1. The molecule has 5 heteroatoms. The van der Waals surface area contributed by atoms with E-state index in [9.17, 15) is 0 Å². The van der Waals surface area contributed by atoms with Crippen LogP contribution in [0.25, 0.3) is 0 Å². The lowest BCUT2D eigenvalue weighted by atomic mass is 10.1. The molecular weight excluding hydrogens is 336 g/mol. The number of rotatable bonds is 5. The second kappa shape index (κ2) is 6.89. The third-order valence-electron chi connectivity index (χ3n) is 3.00. The Kier molecular flexibility index (Phi) is 5.18. The summed E-state index contributed by atoms with van der Waals surface area (Å²) in [6, 6.07) is 13.2. The molecule has 0 aliphatic carbocycles. The lowest BCUT2D eigenvalue weighted by Crippen LogP contribution is -2.31. The van der Waals surface area contributed by atoms with E-state index in [-0.39, 0.29) is 12.1 Å². The van der Waals surface area contributed by atoms with Crippen molar-refractivity contribution in [2.24, 2.45) is 5.73 Å². The first kappa shape index (κ1) is 15.0. The van der Waals surface area contributed by atoms with Crippen molar-refractivity contribution in [1.29, 1.82) is 5.26 Å². The molecule has 0 amide bonds. The summed E-state index contributed by atoms with van der Waals surface area (Å²) in [5.41, 5.74) is 6.71. The van der Waals surface area contributed by atoms with Gasteiger partial charge in [0.15, 0.2) is 0 Å². The number of para-hydroxylation sites is 1. The molecule has 0 fully saturated rings. The summed E-state index contributed by atoms with van der Waals surface area (Å²) in [5, 5.41) is 9.14. The van der Waals surface area contributed by atoms with Gasteiger partial charge in [0.25, 0.3) is 0 Å². The molecule has 1 aromatic heterocycles. The van der Waals surface area contributed by atoms with Crippen molar-refractivity contribution in [3.63, 3.8) is 0 Å². The molecule has 2 aromatic rings. The predicted octanol–water partition coefficient (Wildman–Crippen LogP) is 4.24. The Morgan fingerprint density at radius 2 is 2.10 bits per heavy atom. The lowest BCUT2D eigenvalue weighted by Gasteiger charge is -2.23. The topological polar surface area (TPSA) is 59.0 Å². The summed E-state index contributed by atoms with van der Waals surface area (Å²) in [6.07, 6.45) is 0.556. The Labute approximate surface area is 131 Å². The van der Waals surface area contributed by atoms with Crippen LogP contribution in [-0.2, 0) is 0 Å². The fraction of sp³-hybridized carbons (Fsp3) is 0.267. The maximum atomic E-state index is 9.14. The minimum absolute atomic E-state index is 0.118. The molecule has 2 atom stereocenters. The maximum absolute atomic E-state index is 9.14. The van der Waals surface area contributed by atoms with Crippen LogP contribution in [0.3, 0.4) is 0 Å². The molecule has 0 bridgehead atoms. The molecule has 104 valence electrons. The van der Waals surface area contributed by atoms with Crippen LogP contribution in [0.1, 0.15) is 29.9 Å². The van der Waals surface area contributed by atoms with E-state index in [0.717, 1.165) is 15.1 Å². The molecule has 0 saturated heterocycles. The monoisotopic (exact) mass is 350 g/mol. The van der Waals surface area contributed by atoms with Gasteiger partial charge in [-0.05, 0) is 46.6 Å². The van der Waals surface area contributed by atoms with Gasteiger partial charge in [0.2, 0.25) is 0 Å². The van der Waals surface area contributed by atoms with Gasteiger partial charge in [-0.3, -0.25) is 0 Å². The van der Waals surface area contributed by atoms with Crippen molar-refractivity contribution in [2.45, 2.75) is 25.5 Å². The molecule has 1 aromatic carbocycles. The Bertz CT molecular complexity index is 620. The number of hydrogen-bond acceptors (Lipinski definition) is 4. The fourth-order valence-corrected chi connectivity index (χ4v) is 3.38. The van der Waals surface area contributed by atoms with Crippen LogP contribution in [0.15, 0.2) is 40.2 Å². The van der Waals surface area contributed by atoms with Gasteiger partial charge in [-0.15, -0.1) is 11.3 Å². The maximum Gasteiger partial charge on any atom is 0.148 e. The standard InChI is InChI=1S/C15H15BrN2OS/c1-2-11(18)15(13-7-8-14(16)20-13)19-12-6-4-3-5-10(12)9-17/h3-8,11,15H,2,18H2,1H3. The average molecular weight is 351 g/mol. The predicted molar refractivity (Wildman–Crippen MR) is 84.8 cm³/mol. The molecule has 3 nitrogen and oxygen atoms in total. The molecule has 1 heterocycles. The molecule has 2 rings (SSSR count). The third kappa shape index (κ3) is 3.40. The lowest BCUT2D eigenvalue weighted by molar-refractivity contribution is 0.174. The zero-order chi connectivity index (χ0) is 14.5. The van der Waals surface area contributed by atoms with Crippen molar-refractivity contribution in [2.75, 3.05) is 0 Å². The van der Waals surface area contributed by atoms with Crippen LogP contribution in [-0.4, -0.2) is 6.04 Å². The Hall–Kier alpha value is -1.35. The van der Waals surface area contributed by atoms with E-state index in [0.29, 0.717) is 11.3 Å². The van der Waals surface area contributed by atoms with Crippen LogP contribution < -0.4 is 10.5 Å². The zero-order valence-corrected chi connectivity index (χ0v) is 13.4. The fourth-order valence-electron chi connectivity index (χ4n) is 1.85. The van der Waals surface area contributed by atoms with Crippen molar-refractivity contribution >= 4 is 27.3 Å². The zero-order valence-electron chi connectivity index (χ0n) is 11.0. The average Bonchev–Trinajstić information content (AvgIpc) is 2.90. The SMILES string of the molecule is CCC(N)C(Oc1ccccc1C#N)c1ccc(Br)s1. The van der Waals surface area contributed by atoms with Crippen LogP contribution in [0.2, 0.25) is 0 Å². The van der Waals surface area contributed by atoms with E-state index >= 15 is 0 Å². The minimum atomic E-state index is -0.245. The number of hydrogen-bond donors (Lipinski definition) is 1. The summed E-state index contributed by atoms with van der Waals surface area (Å²) >= 11 is 5.06. The minimum Gasteiger partial charge on any atom is -0.482 e. The van der Waals surface area contributed by atoms with Gasteiger partial charge in [0.05, 0.1) is 9.35 Å². The van der Waals surface area contributed by atoms with Crippen molar-refractivity contribution in [3.8, 4) is 11.8 Å². The van der Waals surface area contributed by atoms with Crippen molar-refractivity contribution in [1.82, 2.24) is 0 Å². The molecule has 0 radical (unpaired) electrons. The van der Waals surface area contributed by atoms with E-state index in [1.54, 1.807) is 23.5 Å². The highest BCUT2D eigenvalue weighted by Gasteiger charge is 2.23. The molecule has 0 spiro atoms. The number of nitrogens with zero attached hydrogens (tertiary/aromatic N) is 1. The number of benzene rings is 1. The number of nitriles is 1. The summed E-state index contributed by atoms with van der Waals surface area (Å²) < 4.78 is 7.07. The van der Waals surface area contributed by atoms with Crippen molar-refractivity contribution in [3.05, 3.63) is 50.6 Å². The third-order valence-corrected chi connectivity index (χ3v) is 4.68. The second-order valence-electron chi connectivity index (χ2n) is 4.36. The first-order chi connectivity index (χ1) is 9.65. The van der Waals surface area contributed by atoms with Gasteiger partial charge in [-0.1, -0.05) is 19.1 Å². The second-order valence-corrected chi connectivity index (χ2v) is 6.85. The highest BCUT2D eigenvalue weighted by Crippen LogP contribution is 2.33. The number of halogens is 1. The van der Waals surface area contributed by atoms with Gasteiger partial charge in [-0.25, -0.2) is 0 Å². The molecule has 0 aliphatic heterocycles. The Morgan fingerprint density at radius 3 is 2.70 bits per heavy atom. The van der Waals surface area contributed by atoms with E-state index in [1.165, 1.54) is 0 Å². The van der Waals surface area contributed by atoms with Gasteiger partial charge in [-0.2, -0.15) is 5.26 Å². The summed E-state index contributed by atoms with van der Waals surface area (Å²) in [7, 11) is 0. The molecule has 0 aliphatic rings. The molecule has 2 N–H and O–H groups in total. The highest BCUT2D eigenvalue weighted by atomic mass is 79.9. The highest BCUT2D eigenvalue weighted by molar-refractivity contribution is 9.11. The first-order valence-electron chi connectivity index (χ1n) is 6.32. The van der Waals surface area contributed by atoms with E-state index < -0.39 is 0 Å². The Balaban J connectivity index is 2.31. The molecular formula is C15H15BrN2OS. The van der Waals surface area contributed by atoms with Crippen LogP contribution in [0, 0.1) is 11.3 Å². The van der Waals surface area contributed by atoms with Gasteiger partial charge < -0.3 is 10.5 Å². The molecule has 20 heavy (non-hydrogen) atoms. The summed E-state index contributed by atoms with van der Waals surface area (Å²) in [6.45, 7) is 2.03. The Morgan fingerprint density at radius 1 is 1.35 bits per heavy atom. The summed E-state index contributed by atoms with van der Waals surface area (Å²) in [5.74, 6) is 0.577. The molecule has 0 saturated carbocycles. The van der Waals surface area contributed by atoms with Gasteiger partial charge in [0.1, 0.15) is 17.9 Å². The number of nitrogens with two attached hydrogens (primary N) is 1. The van der Waals surface area contributed by atoms with Crippen LogP contribution in [0.4, 0.5) is 0 Å². The smallest absolute Gasteiger partial charge is 0.148 e. The van der Waals surface area contributed by atoms with E-state index in [1.807, 2.05) is 31.2 Å². The van der Waals surface area contributed by atoms with Gasteiger partial charge >= 0.3 is 0 Å². The number of ether oxygens (including phenoxy) is 1. The van der Waals surface area contributed by atoms with E-state index in [4.69, 9.17) is 15.7 Å². The first-order valence-corrected chi connectivity index (χ1v) is 7.93. The largest absolute Gasteiger partial charge is 0.482 e. The summed E-state index contributed by atoms with van der Waals surface area (Å²) in [4.78, 5) is 1.05. The van der Waals surface area contributed by atoms with E-state index in [2.05, 4.69) is 22.0 Å². The van der Waals surface area contributed by atoms with Crippen LogP contribution >= 0.6 is 27.3 Å².